The standard InChI is InChI=1S/C17H21ClN2O/c1-20(13-6-3-2-4-7-13)11-12-10-15(18)14-8-5-9-19-16(14)17(12)21/h5,8-10,13,21H,2-4,6-7,11H2,1H3. The van der Waals surface area contributed by atoms with Crippen LogP contribution >= 0.6 is 11.6 Å². The first-order valence-electron chi connectivity index (χ1n) is 7.72. The van der Waals surface area contributed by atoms with Crippen molar-refractivity contribution in [3.63, 3.8) is 0 Å². The second-order valence-corrected chi connectivity index (χ2v) is 6.51. The van der Waals surface area contributed by atoms with E-state index in [1.54, 1.807) is 6.20 Å². The van der Waals surface area contributed by atoms with Crippen molar-refractivity contribution >= 4 is 22.5 Å². The van der Waals surface area contributed by atoms with E-state index in [-0.39, 0.29) is 5.75 Å². The Kier molecular flexibility index (Phi) is 4.32. The molecule has 1 aliphatic carbocycles. The van der Waals surface area contributed by atoms with Gasteiger partial charge in [0.25, 0.3) is 0 Å². The first kappa shape index (κ1) is 14.6. The van der Waals surface area contributed by atoms with E-state index in [1.807, 2.05) is 18.2 Å². The van der Waals surface area contributed by atoms with Gasteiger partial charge in [0.05, 0.1) is 23.6 Å². The number of nitrogens with one attached hydrogen (secondary N) is 1. The van der Waals surface area contributed by atoms with Crippen LogP contribution in [0.15, 0.2) is 24.4 Å². The summed E-state index contributed by atoms with van der Waals surface area (Å²) in [6.07, 6.45) is 8.15. The van der Waals surface area contributed by atoms with Gasteiger partial charge in [-0.05, 0) is 43.9 Å². The summed E-state index contributed by atoms with van der Waals surface area (Å²) in [5, 5.41) is 13.9. The van der Waals surface area contributed by atoms with Gasteiger partial charge in [-0.3, -0.25) is 4.98 Å². The average molecular weight is 305 g/mol. The van der Waals surface area contributed by atoms with E-state index in [2.05, 4.69) is 12.0 Å². The van der Waals surface area contributed by atoms with Crippen molar-refractivity contribution in [1.82, 2.24) is 4.98 Å². The van der Waals surface area contributed by atoms with Crippen LogP contribution in [0.2, 0.25) is 5.02 Å². The highest BCUT2D eigenvalue weighted by atomic mass is 35.5. The minimum Gasteiger partial charge on any atom is -0.871 e. The van der Waals surface area contributed by atoms with Crippen LogP contribution in [0.4, 0.5) is 0 Å². The molecule has 0 spiro atoms. The van der Waals surface area contributed by atoms with Crippen LogP contribution in [0.3, 0.4) is 0 Å². The van der Waals surface area contributed by atoms with Crippen molar-refractivity contribution in [2.45, 2.75) is 44.7 Å². The molecule has 0 radical (unpaired) electrons. The number of quaternary nitrogens is 1. The quantitative estimate of drug-likeness (QED) is 0.945. The largest absolute Gasteiger partial charge is 0.871 e. The van der Waals surface area contributed by atoms with Gasteiger partial charge < -0.3 is 10.0 Å². The third-order valence-electron chi connectivity index (χ3n) is 4.64. The highest BCUT2D eigenvalue weighted by Crippen LogP contribution is 2.30. The van der Waals surface area contributed by atoms with Gasteiger partial charge in [-0.2, -0.15) is 0 Å². The van der Waals surface area contributed by atoms with Crippen molar-refractivity contribution in [2.75, 3.05) is 7.05 Å². The number of aromatic nitrogens is 1. The second kappa shape index (κ2) is 6.20. The molecule has 0 saturated heterocycles. The molecule has 0 amide bonds. The Labute approximate surface area is 130 Å². The lowest BCUT2D eigenvalue weighted by Gasteiger charge is -2.29. The zero-order chi connectivity index (χ0) is 14.8. The lowest BCUT2D eigenvalue weighted by molar-refractivity contribution is -0.921. The smallest absolute Gasteiger partial charge is 0.102 e. The van der Waals surface area contributed by atoms with Gasteiger partial charge in [-0.1, -0.05) is 23.8 Å². The van der Waals surface area contributed by atoms with E-state index in [4.69, 9.17) is 11.6 Å². The normalized spacial score (nSPS) is 18.0. The number of pyridine rings is 1. The Bertz CT molecular complexity index is 638. The number of nitrogens with zero attached hydrogens (tertiary/aromatic N) is 1. The summed E-state index contributed by atoms with van der Waals surface area (Å²) in [6, 6.07) is 6.16. The van der Waals surface area contributed by atoms with Gasteiger partial charge in [0, 0.05) is 17.1 Å². The first-order chi connectivity index (χ1) is 10.2. The van der Waals surface area contributed by atoms with Crippen LogP contribution in [-0.2, 0) is 6.54 Å². The Morgan fingerprint density at radius 2 is 2.10 bits per heavy atom. The molecular weight excluding hydrogens is 284 g/mol. The van der Waals surface area contributed by atoms with Crippen LogP contribution < -0.4 is 10.0 Å². The van der Waals surface area contributed by atoms with Gasteiger partial charge >= 0.3 is 0 Å². The van der Waals surface area contributed by atoms with Crippen LogP contribution in [0.1, 0.15) is 37.7 Å². The molecule has 3 nitrogen and oxygen atoms in total. The fourth-order valence-electron chi connectivity index (χ4n) is 3.40. The Balaban J connectivity index is 1.88. The maximum Gasteiger partial charge on any atom is 0.102 e. The van der Waals surface area contributed by atoms with E-state index >= 15 is 0 Å². The second-order valence-electron chi connectivity index (χ2n) is 6.10. The van der Waals surface area contributed by atoms with Gasteiger partial charge in [0.15, 0.2) is 0 Å². The lowest BCUT2D eigenvalue weighted by atomic mass is 9.94. The summed E-state index contributed by atoms with van der Waals surface area (Å²) in [4.78, 5) is 5.63. The van der Waals surface area contributed by atoms with Crippen LogP contribution in [0.25, 0.3) is 10.9 Å². The van der Waals surface area contributed by atoms with Gasteiger partial charge in [-0.25, -0.2) is 0 Å². The summed E-state index contributed by atoms with van der Waals surface area (Å²) in [5.41, 5.74) is 1.28. The molecular formula is C17H21ClN2O. The molecule has 0 aliphatic heterocycles. The third kappa shape index (κ3) is 2.99. The molecule has 1 unspecified atom stereocenters. The van der Waals surface area contributed by atoms with E-state index < -0.39 is 0 Å². The van der Waals surface area contributed by atoms with E-state index in [0.717, 1.165) is 17.5 Å². The summed E-state index contributed by atoms with van der Waals surface area (Å²) in [7, 11) is 2.19. The molecule has 1 fully saturated rings. The monoisotopic (exact) mass is 304 g/mol. The number of benzene rings is 1. The molecule has 2 aromatic rings. The van der Waals surface area contributed by atoms with Crippen molar-refractivity contribution in [3.05, 3.63) is 35.0 Å². The van der Waals surface area contributed by atoms with E-state index in [0.29, 0.717) is 16.6 Å². The molecule has 0 bridgehead atoms. The minimum absolute atomic E-state index is 0.0326. The Morgan fingerprint density at radius 1 is 1.33 bits per heavy atom. The minimum atomic E-state index is 0.0326. The van der Waals surface area contributed by atoms with Crippen molar-refractivity contribution in [2.24, 2.45) is 0 Å². The van der Waals surface area contributed by atoms with Crippen molar-refractivity contribution in [1.29, 1.82) is 0 Å². The number of rotatable bonds is 3. The molecule has 1 aromatic carbocycles. The van der Waals surface area contributed by atoms with Crippen molar-refractivity contribution in [3.8, 4) is 5.75 Å². The number of hydrogen-bond donors (Lipinski definition) is 1. The first-order valence-corrected chi connectivity index (χ1v) is 8.10. The van der Waals surface area contributed by atoms with Crippen LogP contribution in [0.5, 0.6) is 5.75 Å². The van der Waals surface area contributed by atoms with Gasteiger partial charge in [-0.15, -0.1) is 0 Å². The highest BCUT2D eigenvalue weighted by Gasteiger charge is 2.22. The van der Waals surface area contributed by atoms with E-state index in [9.17, 15) is 5.11 Å². The predicted octanol–water partition coefficient (Wildman–Crippen LogP) is 2.31. The summed E-state index contributed by atoms with van der Waals surface area (Å²) >= 11 is 6.32. The molecule has 1 saturated carbocycles. The summed E-state index contributed by atoms with van der Waals surface area (Å²) < 4.78 is 0. The molecule has 21 heavy (non-hydrogen) atoms. The average Bonchev–Trinajstić information content (AvgIpc) is 2.53. The molecule has 4 heteroatoms. The Hall–Kier alpha value is -1.32. The maximum absolute atomic E-state index is 12.6. The molecule has 3 rings (SSSR count). The molecule has 1 heterocycles. The number of halogens is 1. The molecule has 1 N–H and O–H groups in total. The zero-order valence-corrected chi connectivity index (χ0v) is 13.1. The molecule has 1 aromatic heterocycles. The SMILES string of the molecule is C[NH+](Cc1cc(Cl)c2cccnc2c1[O-])C1CCCCC1. The third-order valence-corrected chi connectivity index (χ3v) is 4.96. The van der Waals surface area contributed by atoms with Gasteiger partial charge in [0.2, 0.25) is 0 Å². The topological polar surface area (TPSA) is 40.4 Å². The molecule has 112 valence electrons. The fourth-order valence-corrected chi connectivity index (χ4v) is 3.68. The molecule has 1 aliphatic rings. The maximum atomic E-state index is 12.6. The highest BCUT2D eigenvalue weighted by molar-refractivity contribution is 6.35. The zero-order valence-electron chi connectivity index (χ0n) is 12.4. The summed E-state index contributed by atoms with van der Waals surface area (Å²) in [6.45, 7) is 0.732. The Morgan fingerprint density at radius 3 is 2.86 bits per heavy atom. The molecule has 1 atom stereocenters. The van der Waals surface area contributed by atoms with Crippen LogP contribution in [-0.4, -0.2) is 18.1 Å². The predicted molar refractivity (Wildman–Crippen MR) is 83.7 cm³/mol. The fraction of sp³-hybridized carbons (Fsp3) is 0.471. The van der Waals surface area contributed by atoms with Crippen molar-refractivity contribution < 1.29 is 10.0 Å². The van der Waals surface area contributed by atoms with Gasteiger partial charge in [0.1, 0.15) is 6.54 Å². The van der Waals surface area contributed by atoms with Crippen LogP contribution in [0, 0.1) is 0 Å². The number of hydrogen-bond acceptors (Lipinski definition) is 2. The lowest BCUT2D eigenvalue weighted by Crippen LogP contribution is -3.11. The number of fused-ring (bicyclic) bond motifs is 1. The van der Waals surface area contributed by atoms with E-state index in [1.165, 1.54) is 37.0 Å². The summed E-state index contributed by atoms with van der Waals surface area (Å²) in [5.74, 6) is 0.0326.